The van der Waals surface area contributed by atoms with Gasteiger partial charge in [-0.05, 0) is 55.6 Å². The Balaban J connectivity index is 1.39. The highest BCUT2D eigenvalue weighted by molar-refractivity contribution is 5.13. The van der Waals surface area contributed by atoms with Gasteiger partial charge in [0.15, 0.2) is 5.88 Å². The molecular formula is C20H29NO. The van der Waals surface area contributed by atoms with E-state index in [1.165, 1.54) is 37.7 Å². The molecule has 2 aliphatic rings. The summed E-state index contributed by atoms with van der Waals surface area (Å²) >= 11 is 0. The Morgan fingerprint density at radius 2 is 1.82 bits per heavy atom. The van der Waals surface area contributed by atoms with Crippen LogP contribution in [0, 0.1) is 17.8 Å². The monoisotopic (exact) mass is 299 g/mol. The van der Waals surface area contributed by atoms with Gasteiger partial charge in [0, 0.05) is 13.1 Å². The third kappa shape index (κ3) is 3.66. The van der Waals surface area contributed by atoms with E-state index in [0.717, 1.165) is 36.7 Å². The molecule has 1 aliphatic carbocycles. The van der Waals surface area contributed by atoms with Gasteiger partial charge in [0.2, 0.25) is 0 Å². The number of hydrogen-bond donors (Lipinski definition) is 0. The topological polar surface area (TPSA) is 12.5 Å². The minimum atomic E-state index is 0.625. The maximum Gasteiger partial charge on any atom is 0.182 e. The molecule has 2 nitrogen and oxygen atoms in total. The quantitative estimate of drug-likeness (QED) is 0.698. The molecule has 2 heteroatoms. The number of likely N-dealkylation sites (tertiary alicyclic amines) is 1. The molecule has 1 saturated carbocycles. The van der Waals surface area contributed by atoms with Gasteiger partial charge >= 0.3 is 0 Å². The fraction of sp³-hybridized carbons (Fsp3) is 0.600. The zero-order valence-electron chi connectivity index (χ0n) is 13.8. The van der Waals surface area contributed by atoms with Crippen molar-refractivity contribution >= 4 is 0 Å². The Kier molecular flexibility index (Phi) is 5.07. The molecule has 1 aromatic rings. The molecule has 0 bridgehead atoms. The Labute approximate surface area is 135 Å². The molecule has 0 atom stereocenters. The Bertz CT molecular complexity index is 470. The van der Waals surface area contributed by atoms with Gasteiger partial charge < -0.3 is 9.64 Å². The largest absolute Gasteiger partial charge is 0.475 e. The molecule has 0 amide bonds. The van der Waals surface area contributed by atoms with E-state index in [1.54, 1.807) is 0 Å². The molecule has 1 aliphatic heterocycles. The molecule has 120 valence electrons. The Morgan fingerprint density at radius 1 is 1.14 bits per heavy atom. The number of nitrogens with zero attached hydrogens (tertiary/aromatic N) is 1. The average molecular weight is 299 g/mol. The van der Waals surface area contributed by atoms with E-state index in [4.69, 9.17) is 4.74 Å². The van der Waals surface area contributed by atoms with Crippen molar-refractivity contribution in [1.29, 1.82) is 0 Å². The lowest BCUT2D eigenvalue weighted by Gasteiger charge is -2.44. The second-order valence-electron chi connectivity index (χ2n) is 7.00. The molecule has 3 rings (SSSR count). The number of ether oxygens (including phenoxy) is 1. The summed E-state index contributed by atoms with van der Waals surface area (Å²) in [5, 5.41) is 0. The molecule has 1 saturated heterocycles. The van der Waals surface area contributed by atoms with Crippen LogP contribution >= 0.6 is 0 Å². The fourth-order valence-corrected chi connectivity index (χ4v) is 3.96. The first-order chi connectivity index (χ1) is 10.8. The van der Waals surface area contributed by atoms with E-state index in [2.05, 4.69) is 42.7 Å². The van der Waals surface area contributed by atoms with Crippen LogP contribution in [0.3, 0.4) is 0 Å². The third-order valence-corrected chi connectivity index (χ3v) is 5.66. The SMILES string of the molecule is C=C(OCc1ccccc1)N1CCC(C2CC(CC)C2)CC1. The van der Waals surface area contributed by atoms with Gasteiger partial charge in [0.25, 0.3) is 0 Å². The molecule has 0 N–H and O–H groups in total. The molecule has 0 radical (unpaired) electrons. The van der Waals surface area contributed by atoms with E-state index >= 15 is 0 Å². The predicted molar refractivity (Wildman–Crippen MR) is 91.2 cm³/mol. The summed E-state index contributed by atoms with van der Waals surface area (Å²) in [6.45, 7) is 9.32. The van der Waals surface area contributed by atoms with Crippen LogP contribution < -0.4 is 0 Å². The van der Waals surface area contributed by atoms with Crippen molar-refractivity contribution in [2.24, 2.45) is 17.8 Å². The van der Waals surface area contributed by atoms with E-state index < -0.39 is 0 Å². The zero-order valence-corrected chi connectivity index (χ0v) is 13.8. The first-order valence-electron chi connectivity index (χ1n) is 8.86. The standard InChI is InChI=1S/C20H29NO/c1-3-17-13-20(14-17)19-9-11-21(12-10-19)16(2)22-15-18-7-5-4-6-8-18/h4-8,17,19-20H,2-3,9-15H2,1H3. The summed E-state index contributed by atoms with van der Waals surface area (Å²) in [4.78, 5) is 2.33. The number of piperidine rings is 1. The van der Waals surface area contributed by atoms with Gasteiger partial charge in [-0.25, -0.2) is 0 Å². The molecule has 1 heterocycles. The van der Waals surface area contributed by atoms with Gasteiger partial charge in [-0.15, -0.1) is 0 Å². The van der Waals surface area contributed by atoms with Crippen molar-refractivity contribution in [3.63, 3.8) is 0 Å². The normalized spacial score (nSPS) is 25.6. The minimum Gasteiger partial charge on any atom is -0.475 e. The summed E-state index contributed by atoms with van der Waals surface area (Å²) in [7, 11) is 0. The Morgan fingerprint density at radius 3 is 2.45 bits per heavy atom. The second kappa shape index (κ2) is 7.21. The number of benzene rings is 1. The summed E-state index contributed by atoms with van der Waals surface area (Å²) in [5.74, 6) is 3.82. The van der Waals surface area contributed by atoms with Crippen molar-refractivity contribution in [2.75, 3.05) is 13.1 Å². The lowest BCUT2D eigenvalue weighted by Crippen LogP contribution is -2.39. The molecule has 0 aromatic heterocycles. The average Bonchev–Trinajstić information content (AvgIpc) is 2.53. The highest BCUT2D eigenvalue weighted by Crippen LogP contribution is 2.44. The van der Waals surface area contributed by atoms with Crippen molar-refractivity contribution in [1.82, 2.24) is 4.90 Å². The number of rotatable bonds is 6. The van der Waals surface area contributed by atoms with Gasteiger partial charge in [-0.3, -0.25) is 0 Å². The summed E-state index contributed by atoms with van der Waals surface area (Å²) in [6, 6.07) is 10.3. The lowest BCUT2D eigenvalue weighted by molar-refractivity contribution is 0.0417. The van der Waals surface area contributed by atoms with E-state index in [0.29, 0.717) is 6.61 Å². The van der Waals surface area contributed by atoms with Crippen LogP contribution in [0.2, 0.25) is 0 Å². The molecule has 22 heavy (non-hydrogen) atoms. The highest BCUT2D eigenvalue weighted by Gasteiger charge is 2.35. The van der Waals surface area contributed by atoms with Crippen LogP contribution in [0.4, 0.5) is 0 Å². The van der Waals surface area contributed by atoms with Crippen molar-refractivity contribution < 1.29 is 4.74 Å². The molecule has 2 fully saturated rings. The van der Waals surface area contributed by atoms with E-state index in [9.17, 15) is 0 Å². The number of hydrogen-bond acceptors (Lipinski definition) is 2. The zero-order chi connectivity index (χ0) is 15.4. The van der Waals surface area contributed by atoms with Crippen molar-refractivity contribution in [3.8, 4) is 0 Å². The van der Waals surface area contributed by atoms with Crippen LogP contribution in [0.15, 0.2) is 42.8 Å². The van der Waals surface area contributed by atoms with Gasteiger partial charge in [-0.2, -0.15) is 0 Å². The van der Waals surface area contributed by atoms with Crippen LogP contribution in [-0.4, -0.2) is 18.0 Å². The molecule has 0 unspecified atom stereocenters. The summed E-state index contributed by atoms with van der Waals surface area (Å²) in [6.07, 6.45) is 6.96. The minimum absolute atomic E-state index is 0.625. The van der Waals surface area contributed by atoms with Crippen LogP contribution in [0.1, 0.15) is 44.6 Å². The third-order valence-electron chi connectivity index (χ3n) is 5.66. The lowest BCUT2D eigenvalue weighted by atomic mass is 9.65. The molecule has 1 aromatic carbocycles. The predicted octanol–water partition coefficient (Wildman–Crippen LogP) is 4.82. The highest BCUT2D eigenvalue weighted by atomic mass is 16.5. The molecular weight excluding hydrogens is 270 g/mol. The van der Waals surface area contributed by atoms with Crippen LogP contribution in [0.5, 0.6) is 0 Å². The maximum absolute atomic E-state index is 5.87. The van der Waals surface area contributed by atoms with E-state index in [1.807, 2.05) is 6.07 Å². The van der Waals surface area contributed by atoms with Gasteiger partial charge in [0.05, 0.1) is 0 Å². The van der Waals surface area contributed by atoms with Crippen molar-refractivity contribution in [3.05, 3.63) is 48.4 Å². The smallest absolute Gasteiger partial charge is 0.182 e. The fourth-order valence-electron chi connectivity index (χ4n) is 3.96. The van der Waals surface area contributed by atoms with Crippen LogP contribution in [-0.2, 0) is 11.3 Å². The second-order valence-corrected chi connectivity index (χ2v) is 7.00. The van der Waals surface area contributed by atoms with Crippen molar-refractivity contribution in [2.45, 2.75) is 45.6 Å². The summed E-state index contributed by atoms with van der Waals surface area (Å²) < 4.78 is 5.87. The summed E-state index contributed by atoms with van der Waals surface area (Å²) in [5.41, 5.74) is 1.21. The van der Waals surface area contributed by atoms with Gasteiger partial charge in [0.1, 0.15) is 6.61 Å². The first kappa shape index (κ1) is 15.5. The Hall–Kier alpha value is -1.44. The van der Waals surface area contributed by atoms with Crippen LogP contribution in [0.25, 0.3) is 0 Å². The molecule has 0 spiro atoms. The van der Waals surface area contributed by atoms with Gasteiger partial charge in [-0.1, -0.05) is 43.7 Å². The first-order valence-corrected chi connectivity index (χ1v) is 8.86. The van der Waals surface area contributed by atoms with E-state index in [-0.39, 0.29) is 0 Å². The maximum atomic E-state index is 5.87.